The minimum Gasteiger partial charge on any atom is -0.409 e. The van der Waals surface area contributed by atoms with Gasteiger partial charge >= 0.3 is 0 Å². The molecule has 5 N–H and O–H groups in total. The summed E-state index contributed by atoms with van der Waals surface area (Å²) >= 11 is 0. The lowest BCUT2D eigenvalue weighted by atomic mass is 10.2. The monoisotopic (exact) mass is 306 g/mol. The first-order chi connectivity index (χ1) is 10.7. The Morgan fingerprint density at radius 2 is 1.86 bits per heavy atom. The number of hydrogen-bond donors (Lipinski definition) is 4. The number of carbonyl (C=O) groups excluding carboxylic acids is 1. The molecular weight excluding hydrogens is 280 g/mol. The van der Waals surface area contributed by atoms with E-state index in [2.05, 4.69) is 22.7 Å². The lowest BCUT2D eigenvalue weighted by Crippen LogP contribution is -2.17. The van der Waals surface area contributed by atoms with E-state index in [0.29, 0.717) is 17.7 Å². The van der Waals surface area contributed by atoms with Crippen molar-refractivity contribution in [1.82, 2.24) is 5.32 Å². The van der Waals surface area contributed by atoms with E-state index in [0.717, 1.165) is 25.9 Å². The normalized spacial score (nSPS) is 11.4. The summed E-state index contributed by atoms with van der Waals surface area (Å²) in [4.78, 5) is 11.8. The maximum absolute atomic E-state index is 11.8. The standard InChI is InChI=1S/C16H26N4O2/c1-2-3-11-18-12-5-4-6-15(21)19-14-9-7-13(8-10-14)16(17)20-22/h7-10,18,22H,2-6,11-12H2,1H3,(H2,17,20)(H,19,21). The van der Waals surface area contributed by atoms with Gasteiger partial charge < -0.3 is 21.6 Å². The van der Waals surface area contributed by atoms with Crippen LogP contribution in [0.4, 0.5) is 5.69 Å². The SMILES string of the molecule is CCCCNCCCCC(=O)Nc1ccc(/C(N)=N/O)cc1. The third-order valence-corrected chi connectivity index (χ3v) is 3.29. The van der Waals surface area contributed by atoms with Gasteiger partial charge in [-0.2, -0.15) is 0 Å². The van der Waals surface area contributed by atoms with E-state index in [1.807, 2.05) is 0 Å². The molecule has 1 rings (SSSR count). The van der Waals surface area contributed by atoms with Gasteiger partial charge in [-0.05, 0) is 56.6 Å². The maximum Gasteiger partial charge on any atom is 0.224 e. The van der Waals surface area contributed by atoms with E-state index in [1.54, 1.807) is 24.3 Å². The lowest BCUT2D eigenvalue weighted by Gasteiger charge is -2.07. The van der Waals surface area contributed by atoms with Crippen molar-refractivity contribution in [2.45, 2.75) is 39.0 Å². The van der Waals surface area contributed by atoms with E-state index < -0.39 is 0 Å². The van der Waals surface area contributed by atoms with Gasteiger partial charge in [-0.1, -0.05) is 18.5 Å². The number of benzene rings is 1. The number of nitrogens with one attached hydrogen (secondary N) is 2. The van der Waals surface area contributed by atoms with Crippen molar-refractivity contribution in [2.75, 3.05) is 18.4 Å². The average molecular weight is 306 g/mol. The molecule has 0 radical (unpaired) electrons. The molecule has 1 aromatic rings. The van der Waals surface area contributed by atoms with Gasteiger partial charge in [-0.25, -0.2) is 0 Å². The highest BCUT2D eigenvalue weighted by Crippen LogP contribution is 2.10. The van der Waals surface area contributed by atoms with Crippen LogP contribution < -0.4 is 16.4 Å². The molecule has 0 aliphatic carbocycles. The molecule has 22 heavy (non-hydrogen) atoms. The predicted molar refractivity (Wildman–Crippen MR) is 89.2 cm³/mol. The van der Waals surface area contributed by atoms with Gasteiger partial charge in [0.05, 0.1) is 0 Å². The van der Waals surface area contributed by atoms with E-state index in [-0.39, 0.29) is 11.7 Å². The van der Waals surface area contributed by atoms with Crippen LogP contribution in [-0.4, -0.2) is 30.0 Å². The number of rotatable bonds is 10. The van der Waals surface area contributed by atoms with Crippen LogP contribution in [0.1, 0.15) is 44.6 Å². The second kappa shape index (κ2) is 10.6. The molecule has 0 spiro atoms. The zero-order chi connectivity index (χ0) is 16.2. The number of amidine groups is 1. The molecule has 0 fully saturated rings. The molecule has 6 heteroatoms. The third-order valence-electron chi connectivity index (χ3n) is 3.29. The first-order valence-corrected chi connectivity index (χ1v) is 7.76. The fourth-order valence-electron chi connectivity index (χ4n) is 1.97. The quantitative estimate of drug-likeness (QED) is 0.175. The van der Waals surface area contributed by atoms with Crippen molar-refractivity contribution in [2.24, 2.45) is 10.9 Å². The molecule has 0 aliphatic heterocycles. The number of anilines is 1. The second-order valence-corrected chi connectivity index (χ2v) is 5.17. The van der Waals surface area contributed by atoms with Crippen LogP contribution in [0, 0.1) is 0 Å². The largest absolute Gasteiger partial charge is 0.409 e. The van der Waals surface area contributed by atoms with E-state index in [1.165, 1.54) is 12.8 Å². The molecule has 0 atom stereocenters. The van der Waals surface area contributed by atoms with Crippen molar-refractivity contribution >= 4 is 17.4 Å². The Kier molecular flexibility index (Phi) is 8.67. The number of oxime groups is 1. The first kappa shape index (κ1) is 18.0. The minimum atomic E-state index is 0.00473. The van der Waals surface area contributed by atoms with Gasteiger partial charge in [0.15, 0.2) is 5.84 Å². The van der Waals surface area contributed by atoms with Gasteiger partial charge in [-0.15, -0.1) is 0 Å². The first-order valence-electron chi connectivity index (χ1n) is 7.76. The van der Waals surface area contributed by atoms with E-state index >= 15 is 0 Å². The predicted octanol–water partition coefficient (Wildman–Crippen LogP) is 2.28. The van der Waals surface area contributed by atoms with Gasteiger partial charge in [0.1, 0.15) is 0 Å². The Labute approximate surface area is 131 Å². The zero-order valence-corrected chi connectivity index (χ0v) is 13.1. The Bertz CT molecular complexity index is 472. The molecule has 0 saturated carbocycles. The summed E-state index contributed by atoms with van der Waals surface area (Å²) in [5, 5.41) is 17.7. The molecule has 1 amide bonds. The van der Waals surface area contributed by atoms with Crippen LogP contribution in [-0.2, 0) is 4.79 Å². The highest BCUT2D eigenvalue weighted by molar-refractivity contribution is 5.98. The summed E-state index contributed by atoms with van der Waals surface area (Å²) in [6.07, 6.45) is 4.77. The molecule has 0 aliphatic rings. The van der Waals surface area contributed by atoms with E-state index in [4.69, 9.17) is 10.9 Å². The Hall–Kier alpha value is -2.08. The molecule has 0 unspecified atom stereocenters. The number of unbranched alkanes of at least 4 members (excludes halogenated alkanes) is 2. The summed E-state index contributed by atoms with van der Waals surface area (Å²) in [5.74, 6) is 0.0542. The van der Waals surface area contributed by atoms with Crippen LogP contribution >= 0.6 is 0 Å². The Balaban J connectivity index is 2.22. The van der Waals surface area contributed by atoms with Gasteiger partial charge in [0.25, 0.3) is 0 Å². The number of carbonyl (C=O) groups is 1. The van der Waals surface area contributed by atoms with Crippen LogP contribution in [0.3, 0.4) is 0 Å². The Morgan fingerprint density at radius 1 is 1.18 bits per heavy atom. The highest BCUT2D eigenvalue weighted by atomic mass is 16.4. The third kappa shape index (κ3) is 7.08. The van der Waals surface area contributed by atoms with Gasteiger partial charge in [0, 0.05) is 17.7 Å². The maximum atomic E-state index is 11.8. The number of nitrogens with two attached hydrogens (primary N) is 1. The van der Waals surface area contributed by atoms with Gasteiger partial charge in [-0.3, -0.25) is 4.79 Å². The summed E-state index contributed by atoms with van der Waals surface area (Å²) in [7, 11) is 0. The summed E-state index contributed by atoms with van der Waals surface area (Å²) in [6.45, 7) is 4.18. The molecule has 6 nitrogen and oxygen atoms in total. The van der Waals surface area contributed by atoms with E-state index in [9.17, 15) is 4.79 Å². The highest BCUT2D eigenvalue weighted by Gasteiger charge is 2.03. The topological polar surface area (TPSA) is 99.7 Å². The fraction of sp³-hybridized carbons (Fsp3) is 0.500. The fourth-order valence-corrected chi connectivity index (χ4v) is 1.97. The number of amides is 1. The van der Waals surface area contributed by atoms with Crippen molar-refractivity contribution < 1.29 is 10.0 Å². The molecule has 122 valence electrons. The average Bonchev–Trinajstić information content (AvgIpc) is 2.54. The van der Waals surface area contributed by atoms with Crippen LogP contribution in [0.5, 0.6) is 0 Å². The lowest BCUT2D eigenvalue weighted by molar-refractivity contribution is -0.116. The van der Waals surface area contributed by atoms with Crippen molar-refractivity contribution in [1.29, 1.82) is 0 Å². The van der Waals surface area contributed by atoms with Crippen molar-refractivity contribution in [3.63, 3.8) is 0 Å². The second-order valence-electron chi connectivity index (χ2n) is 5.17. The Morgan fingerprint density at radius 3 is 2.50 bits per heavy atom. The summed E-state index contributed by atoms with van der Waals surface area (Å²) in [5.41, 5.74) is 6.80. The zero-order valence-electron chi connectivity index (χ0n) is 13.1. The van der Waals surface area contributed by atoms with Crippen molar-refractivity contribution in [3.8, 4) is 0 Å². The van der Waals surface area contributed by atoms with Gasteiger partial charge in [0.2, 0.25) is 5.91 Å². The van der Waals surface area contributed by atoms with Crippen LogP contribution in [0.2, 0.25) is 0 Å². The molecule has 0 heterocycles. The van der Waals surface area contributed by atoms with Crippen molar-refractivity contribution in [3.05, 3.63) is 29.8 Å². The van der Waals surface area contributed by atoms with Crippen LogP contribution in [0.25, 0.3) is 0 Å². The minimum absolute atomic E-state index is 0.00473. The molecule has 0 aromatic heterocycles. The number of nitrogens with zero attached hydrogens (tertiary/aromatic N) is 1. The molecule has 1 aromatic carbocycles. The molecule has 0 bridgehead atoms. The molecule has 0 saturated heterocycles. The summed E-state index contributed by atoms with van der Waals surface area (Å²) < 4.78 is 0. The van der Waals surface area contributed by atoms with Crippen LogP contribution in [0.15, 0.2) is 29.4 Å². The molecular formula is C16H26N4O2. The number of hydrogen-bond acceptors (Lipinski definition) is 4. The summed E-state index contributed by atoms with van der Waals surface area (Å²) in [6, 6.07) is 6.86. The smallest absolute Gasteiger partial charge is 0.224 e.